The van der Waals surface area contributed by atoms with Crippen LogP contribution < -0.4 is 16.2 Å². The van der Waals surface area contributed by atoms with Gasteiger partial charge in [0, 0.05) is 36.5 Å². The van der Waals surface area contributed by atoms with Gasteiger partial charge in [-0.15, -0.1) is 0 Å². The van der Waals surface area contributed by atoms with Crippen LogP contribution in [-0.2, 0) is 20.8 Å². The van der Waals surface area contributed by atoms with Crippen LogP contribution >= 0.6 is 0 Å². The van der Waals surface area contributed by atoms with E-state index in [4.69, 9.17) is 10.8 Å². The molecular weight excluding hydrogens is 326 g/mol. The predicted octanol–water partition coefficient (Wildman–Crippen LogP) is -0.615. The molecule has 134 valence electrons. The number of H-pyrrole nitrogens is 1. The Bertz CT molecular complexity index is 770. The van der Waals surface area contributed by atoms with E-state index in [1.807, 2.05) is 24.3 Å². The van der Waals surface area contributed by atoms with Gasteiger partial charge in [0.05, 0.1) is 17.9 Å². The normalized spacial score (nSPS) is 13.3. The number of rotatable bonds is 9. The molecule has 0 saturated carbocycles. The summed E-state index contributed by atoms with van der Waals surface area (Å²) >= 11 is 0. The maximum atomic E-state index is 12.2. The fraction of sp³-hybridized carbons (Fsp3) is 0.353. The molecule has 2 aromatic rings. The van der Waals surface area contributed by atoms with E-state index in [1.54, 1.807) is 6.20 Å². The third-order valence-corrected chi connectivity index (χ3v) is 4.06. The number of carbonyl (C=O) groups is 3. The molecule has 1 aromatic carbocycles. The predicted molar refractivity (Wildman–Crippen MR) is 88.4 cm³/mol. The molecule has 8 nitrogen and oxygen atoms in total. The van der Waals surface area contributed by atoms with Crippen molar-refractivity contribution in [2.45, 2.75) is 25.3 Å². The van der Waals surface area contributed by atoms with Crippen molar-refractivity contribution >= 4 is 28.7 Å². The van der Waals surface area contributed by atoms with E-state index in [0.717, 1.165) is 16.5 Å². The van der Waals surface area contributed by atoms with Crippen molar-refractivity contribution in [1.82, 2.24) is 10.3 Å². The molecule has 1 amide bonds. The molecule has 0 spiro atoms. The number of amides is 1. The molecule has 1 heterocycles. The van der Waals surface area contributed by atoms with E-state index < -0.39 is 29.8 Å². The summed E-state index contributed by atoms with van der Waals surface area (Å²) in [5.41, 5.74) is 7.10. The van der Waals surface area contributed by atoms with Crippen LogP contribution in [0.5, 0.6) is 0 Å². The third kappa shape index (κ3) is 4.80. The van der Waals surface area contributed by atoms with Gasteiger partial charge in [0.1, 0.15) is 0 Å². The topological polar surface area (TPSA) is 148 Å². The molecule has 0 aliphatic heterocycles. The quantitative estimate of drug-likeness (QED) is 0.476. The first-order valence-electron chi connectivity index (χ1n) is 7.90. The smallest absolute Gasteiger partial charge is 0.303 e. The fourth-order valence-corrected chi connectivity index (χ4v) is 2.66. The number of aromatic nitrogens is 1. The Labute approximate surface area is 144 Å². The Balaban J connectivity index is 2.08. The Morgan fingerprint density at radius 2 is 2.00 bits per heavy atom. The number of carboxylic acids is 2. The van der Waals surface area contributed by atoms with E-state index in [2.05, 4.69) is 10.3 Å². The van der Waals surface area contributed by atoms with Crippen molar-refractivity contribution < 1.29 is 24.6 Å². The largest absolute Gasteiger partial charge is 0.548 e. The van der Waals surface area contributed by atoms with Crippen LogP contribution in [-0.4, -0.2) is 40.5 Å². The van der Waals surface area contributed by atoms with E-state index >= 15 is 0 Å². The number of carboxylic acid groups (broad SMARTS) is 2. The van der Waals surface area contributed by atoms with Crippen molar-refractivity contribution in [1.29, 1.82) is 0 Å². The highest BCUT2D eigenvalue weighted by atomic mass is 16.4. The highest BCUT2D eigenvalue weighted by Gasteiger charge is 2.22. The van der Waals surface area contributed by atoms with Crippen LogP contribution in [0.2, 0.25) is 0 Å². The summed E-state index contributed by atoms with van der Waals surface area (Å²) in [4.78, 5) is 37.3. The molecule has 0 saturated heterocycles. The Morgan fingerprint density at radius 3 is 2.64 bits per heavy atom. The zero-order chi connectivity index (χ0) is 18.4. The number of hydrogen-bond acceptors (Lipinski definition) is 5. The lowest BCUT2D eigenvalue weighted by Crippen LogP contribution is -2.51. The van der Waals surface area contributed by atoms with Gasteiger partial charge in [0.15, 0.2) is 0 Å². The number of benzene rings is 1. The van der Waals surface area contributed by atoms with Crippen LogP contribution in [0, 0.1) is 5.92 Å². The molecule has 5 N–H and O–H groups in total. The second-order valence-electron chi connectivity index (χ2n) is 5.81. The first kappa shape index (κ1) is 18.5. The molecule has 0 aliphatic carbocycles. The maximum Gasteiger partial charge on any atom is 0.303 e. The summed E-state index contributed by atoms with van der Waals surface area (Å²) in [6.07, 6.45) is 1.57. The monoisotopic (exact) mass is 346 g/mol. The van der Waals surface area contributed by atoms with Gasteiger partial charge >= 0.3 is 5.97 Å². The molecule has 25 heavy (non-hydrogen) atoms. The summed E-state index contributed by atoms with van der Waals surface area (Å²) < 4.78 is 0. The summed E-state index contributed by atoms with van der Waals surface area (Å²) in [6.45, 7) is -0.0635. The minimum Gasteiger partial charge on any atom is -0.548 e. The molecule has 1 aromatic heterocycles. The van der Waals surface area contributed by atoms with Crippen molar-refractivity contribution in [2.75, 3.05) is 6.54 Å². The highest BCUT2D eigenvalue weighted by Crippen LogP contribution is 2.19. The first-order chi connectivity index (χ1) is 11.9. The van der Waals surface area contributed by atoms with Gasteiger partial charge in [-0.2, -0.15) is 0 Å². The van der Waals surface area contributed by atoms with Gasteiger partial charge in [-0.05, 0) is 18.1 Å². The van der Waals surface area contributed by atoms with Crippen LogP contribution in [0.25, 0.3) is 10.9 Å². The van der Waals surface area contributed by atoms with Gasteiger partial charge < -0.3 is 31.0 Å². The highest BCUT2D eigenvalue weighted by molar-refractivity contribution is 5.87. The number of carbonyl (C=O) groups excluding carboxylic acids is 2. The maximum absolute atomic E-state index is 12.2. The Hall–Kier alpha value is -2.87. The number of para-hydroxylation sites is 1. The second kappa shape index (κ2) is 8.29. The van der Waals surface area contributed by atoms with Crippen molar-refractivity contribution in [3.05, 3.63) is 36.0 Å². The molecule has 0 aliphatic rings. The zero-order valence-corrected chi connectivity index (χ0v) is 13.5. The van der Waals surface area contributed by atoms with Gasteiger partial charge in [0.2, 0.25) is 5.91 Å². The Morgan fingerprint density at radius 1 is 1.28 bits per heavy atom. The SMILES string of the molecule is NCC(CCC(=O)O)C(=O)NC(Cc1c[nH]c2ccccc12)C(=O)[O-]. The molecule has 0 fully saturated rings. The lowest BCUT2D eigenvalue weighted by Gasteiger charge is -2.22. The van der Waals surface area contributed by atoms with Crippen LogP contribution in [0.1, 0.15) is 18.4 Å². The molecular formula is C17H20N3O5-. The van der Waals surface area contributed by atoms with Crippen LogP contribution in [0.15, 0.2) is 30.5 Å². The minimum atomic E-state index is -1.41. The zero-order valence-electron chi connectivity index (χ0n) is 13.5. The first-order valence-corrected chi connectivity index (χ1v) is 7.90. The third-order valence-electron chi connectivity index (χ3n) is 4.06. The molecule has 0 bridgehead atoms. The van der Waals surface area contributed by atoms with Crippen LogP contribution in [0.4, 0.5) is 0 Å². The van der Waals surface area contributed by atoms with E-state index in [0.29, 0.717) is 0 Å². The number of hydrogen-bond donors (Lipinski definition) is 4. The standard InChI is InChI=1S/C17H21N3O5/c18-8-10(5-6-15(21)22)16(23)20-14(17(24)25)7-11-9-19-13-4-2-1-3-12(11)13/h1-4,9-10,14,19H,5-8,18H2,(H,20,23)(H,21,22)(H,24,25)/p-1. The lowest BCUT2D eigenvalue weighted by atomic mass is 10.0. The molecule has 0 radical (unpaired) electrons. The van der Waals surface area contributed by atoms with Crippen LogP contribution in [0.3, 0.4) is 0 Å². The van der Waals surface area contributed by atoms with E-state index in [-0.39, 0.29) is 25.8 Å². The van der Waals surface area contributed by atoms with Gasteiger partial charge in [-0.1, -0.05) is 18.2 Å². The lowest BCUT2D eigenvalue weighted by molar-refractivity contribution is -0.308. The summed E-state index contributed by atoms with van der Waals surface area (Å²) in [7, 11) is 0. The van der Waals surface area contributed by atoms with Crippen molar-refractivity contribution in [3.63, 3.8) is 0 Å². The molecule has 8 heteroatoms. The fourth-order valence-electron chi connectivity index (χ4n) is 2.66. The second-order valence-corrected chi connectivity index (χ2v) is 5.81. The molecule has 2 atom stereocenters. The summed E-state index contributed by atoms with van der Waals surface area (Å²) in [5.74, 6) is -3.80. The summed E-state index contributed by atoms with van der Waals surface area (Å²) in [5, 5.41) is 23.4. The number of aliphatic carboxylic acids is 2. The van der Waals surface area contributed by atoms with Gasteiger partial charge in [-0.25, -0.2) is 0 Å². The van der Waals surface area contributed by atoms with E-state index in [9.17, 15) is 19.5 Å². The average molecular weight is 346 g/mol. The molecule has 2 unspecified atom stereocenters. The number of fused-ring (bicyclic) bond motifs is 1. The summed E-state index contributed by atoms with van der Waals surface area (Å²) in [6, 6.07) is 6.18. The number of aromatic amines is 1. The average Bonchev–Trinajstić information content (AvgIpc) is 2.97. The Kier molecular flexibility index (Phi) is 6.13. The minimum absolute atomic E-state index is 0.0462. The number of nitrogens with one attached hydrogen (secondary N) is 2. The van der Waals surface area contributed by atoms with E-state index in [1.165, 1.54) is 0 Å². The van der Waals surface area contributed by atoms with Crippen molar-refractivity contribution in [2.24, 2.45) is 11.7 Å². The van der Waals surface area contributed by atoms with Crippen molar-refractivity contribution in [3.8, 4) is 0 Å². The number of nitrogens with two attached hydrogens (primary N) is 1. The van der Waals surface area contributed by atoms with Gasteiger partial charge in [0.25, 0.3) is 0 Å². The molecule has 2 rings (SSSR count). The van der Waals surface area contributed by atoms with Gasteiger partial charge in [-0.3, -0.25) is 9.59 Å².